The first kappa shape index (κ1) is 22.7. The quantitative estimate of drug-likeness (QED) is 0.516. The number of fused-ring (bicyclic) bond motifs is 1. The van der Waals surface area contributed by atoms with Crippen LogP contribution in [0.1, 0.15) is 62.8 Å². The Morgan fingerprint density at radius 1 is 1.25 bits per heavy atom. The molecule has 1 aliphatic heterocycles. The van der Waals surface area contributed by atoms with E-state index in [0.29, 0.717) is 40.0 Å². The van der Waals surface area contributed by atoms with Crippen molar-refractivity contribution in [1.82, 2.24) is 29.9 Å². The molecule has 2 aromatic heterocycles. The Morgan fingerprint density at radius 2 is 2.03 bits per heavy atom. The maximum Gasteiger partial charge on any atom is 0.281 e. The van der Waals surface area contributed by atoms with Gasteiger partial charge in [-0.1, -0.05) is 54.2 Å². The molecule has 170 valence electrons. The molecular formula is C22H26Cl2N6O2. The number of benzene rings is 1. The summed E-state index contributed by atoms with van der Waals surface area (Å²) < 4.78 is 1.54. The predicted octanol–water partition coefficient (Wildman–Crippen LogP) is 4.16. The van der Waals surface area contributed by atoms with Crippen LogP contribution >= 0.6 is 23.2 Å². The zero-order valence-electron chi connectivity index (χ0n) is 18.0. The first-order valence-electron chi connectivity index (χ1n) is 11.0. The number of rotatable bonds is 7. The molecular weight excluding hydrogens is 451 g/mol. The second-order valence-electron chi connectivity index (χ2n) is 8.21. The van der Waals surface area contributed by atoms with Crippen LogP contribution < -0.4 is 5.56 Å². The van der Waals surface area contributed by atoms with E-state index < -0.39 is 0 Å². The van der Waals surface area contributed by atoms with Crippen molar-refractivity contribution in [2.75, 3.05) is 13.1 Å². The summed E-state index contributed by atoms with van der Waals surface area (Å²) in [5, 5.41) is 9.13. The minimum atomic E-state index is -0.340. The van der Waals surface area contributed by atoms with Crippen molar-refractivity contribution < 1.29 is 4.79 Å². The number of nitrogens with zero attached hydrogens (tertiary/aromatic N) is 5. The van der Waals surface area contributed by atoms with E-state index in [1.54, 1.807) is 18.2 Å². The summed E-state index contributed by atoms with van der Waals surface area (Å²) in [4.78, 5) is 34.7. The van der Waals surface area contributed by atoms with Gasteiger partial charge in [0, 0.05) is 41.0 Å². The van der Waals surface area contributed by atoms with Crippen molar-refractivity contribution >= 4 is 40.3 Å². The molecule has 1 N–H and O–H groups in total. The van der Waals surface area contributed by atoms with Crippen molar-refractivity contribution in [3.63, 3.8) is 0 Å². The van der Waals surface area contributed by atoms with E-state index in [4.69, 9.17) is 28.2 Å². The molecule has 8 nitrogen and oxygen atoms in total. The summed E-state index contributed by atoms with van der Waals surface area (Å²) in [6.07, 6.45) is 5.35. The summed E-state index contributed by atoms with van der Waals surface area (Å²) >= 11 is 12.6. The molecule has 4 rings (SSSR count). The van der Waals surface area contributed by atoms with Crippen LogP contribution in [-0.4, -0.2) is 48.9 Å². The van der Waals surface area contributed by atoms with Gasteiger partial charge in [0.1, 0.15) is 5.82 Å². The Labute approximate surface area is 195 Å². The number of amides is 1. The maximum absolute atomic E-state index is 12.7. The third-order valence-corrected chi connectivity index (χ3v) is 6.62. The molecule has 32 heavy (non-hydrogen) atoms. The Bertz CT molecular complexity index is 1150. The number of piperidine rings is 1. The van der Waals surface area contributed by atoms with Crippen LogP contribution in [0.2, 0.25) is 10.0 Å². The number of likely N-dealkylation sites (tertiary alicyclic amines) is 1. The molecule has 1 aliphatic rings. The highest BCUT2D eigenvalue weighted by Gasteiger charge is 2.27. The fourth-order valence-corrected chi connectivity index (χ4v) is 4.64. The minimum absolute atomic E-state index is 0.0387. The van der Waals surface area contributed by atoms with Gasteiger partial charge >= 0.3 is 0 Å². The fourth-order valence-electron chi connectivity index (χ4n) is 4.13. The normalized spacial score (nSPS) is 16.6. The van der Waals surface area contributed by atoms with E-state index in [1.165, 1.54) is 4.68 Å². The van der Waals surface area contributed by atoms with Gasteiger partial charge in [-0.15, -0.1) is 5.10 Å². The summed E-state index contributed by atoms with van der Waals surface area (Å²) in [7, 11) is 0. The van der Waals surface area contributed by atoms with Crippen LogP contribution in [-0.2, 0) is 11.3 Å². The smallest absolute Gasteiger partial charge is 0.281 e. The molecule has 10 heteroatoms. The van der Waals surface area contributed by atoms with Gasteiger partial charge in [-0.25, -0.2) is 9.67 Å². The highest BCUT2D eigenvalue weighted by Crippen LogP contribution is 2.27. The summed E-state index contributed by atoms with van der Waals surface area (Å²) in [6, 6.07) is 5.27. The van der Waals surface area contributed by atoms with E-state index in [-0.39, 0.29) is 29.4 Å². The molecule has 1 aromatic carbocycles. The third kappa shape index (κ3) is 4.81. The van der Waals surface area contributed by atoms with E-state index in [0.717, 1.165) is 38.6 Å². The van der Waals surface area contributed by atoms with Crippen molar-refractivity contribution in [2.24, 2.45) is 0 Å². The molecule has 3 heterocycles. The molecule has 0 radical (unpaired) electrons. The van der Waals surface area contributed by atoms with Gasteiger partial charge in [0.2, 0.25) is 5.91 Å². The lowest BCUT2D eigenvalue weighted by molar-refractivity contribution is -0.132. The molecule has 0 bridgehead atoms. The number of nitrogens with one attached hydrogen (secondary N) is 1. The Balaban J connectivity index is 1.59. The lowest BCUT2D eigenvalue weighted by Crippen LogP contribution is -2.39. The molecule has 1 fully saturated rings. The van der Waals surface area contributed by atoms with E-state index in [1.807, 2.05) is 4.90 Å². The van der Waals surface area contributed by atoms with Gasteiger partial charge < -0.3 is 9.88 Å². The van der Waals surface area contributed by atoms with Crippen LogP contribution in [0, 0.1) is 0 Å². The predicted molar refractivity (Wildman–Crippen MR) is 124 cm³/mol. The van der Waals surface area contributed by atoms with Crippen LogP contribution in [0.25, 0.3) is 11.2 Å². The van der Waals surface area contributed by atoms with Crippen molar-refractivity contribution in [2.45, 2.75) is 57.9 Å². The number of aromatic nitrogens is 5. The fraction of sp³-hybridized carbons (Fsp3) is 0.500. The molecule has 0 unspecified atom stereocenters. The van der Waals surface area contributed by atoms with Crippen LogP contribution in [0.4, 0.5) is 0 Å². The van der Waals surface area contributed by atoms with Crippen molar-refractivity contribution in [1.29, 1.82) is 0 Å². The molecule has 0 aliphatic carbocycles. The van der Waals surface area contributed by atoms with Gasteiger partial charge in [0.15, 0.2) is 11.2 Å². The number of halogens is 2. The monoisotopic (exact) mass is 476 g/mol. The van der Waals surface area contributed by atoms with E-state index in [9.17, 15) is 9.59 Å². The second kappa shape index (κ2) is 10.0. The molecule has 1 atom stereocenters. The maximum atomic E-state index is 12.7. The zero-order valence-corrected chi connectivity index (χ0v) is 19.5. The summed E-state index contributed by atoms with van der Waals surface area (Å²) in [6.45, 7) is 3.67. The van der Waals surface area contributed by atoms with Crippen molar-refractivity contribution in [3.05, 3.63) is 50.0 Å². The zero-order chi connectivity index (χ0) is 22.7. The third-order valence-electron chi connectivity index (χ3n) is 5.92. The first-order chi connectivity index (χ1) is 15.5. The standard InChI is InChI=1S/C22H26Cl2N6O2/c1-2-3-4-10-18(31)29-11-6-7-14(12-29)20-25-21-19(22(32)26-20)27-28-30(21)13-15-16(23)8-5-9-17(15)24/h5,8-9,14H,2-4,6-7,10-13H2,1H3,(H,25,26,32)/t14-/m1/s1. The Morgan fingerprint density at radius 3 is 2.78 bits per heavy atom. The average molecular weight is 477 g/mol. The SMILES string of the molecule is CCCCCC(=O)N1CCC[C@@H](c2nc3c(nnn3Cc3c(Cl)cccc3Cl)c(=O)[nH]2)C1. The van der Waals surface area contributed by atoms with Gasteiger partial charge in [-0.3, -0.25) is 9.59 Å². The molecule has 1 saturated heterocycles. The summed E-state index contributed by atoms with van der Waals surface area (Å²) in [5.74, 6) is 0.692. The van der Waals surface area contributed by atoms with Crippen molar-refractivity contribution in [3.8, 4) is 0 Å². The molecule has 1 amide bonds. The minimum Gasteiger partial charge on any atom is -0.342 e. The van der Waals surface area contributed by atoms with Crippen LogP contribution in [0.15, 0.2) is 23.0 Å². The largest absolute Gasteiger partial charge is 0.342 e. The summed E-state index contributed by atoms with van der Waals surface area (Å²) in [5.41, 5.74) is 0.895. The number of unbranched alkanes of at least 4 members (excludes halogenated alkanes) is 2. The molecule has 3 aromatic rings. The van der Waals surface area contributed by atoms with Gasteiger partial charge in [0.05, 0.1) is 6.54 Å². The number of hydrogen-bond acceptors (Lipinski definition) is 5. The van der Waals surface area contributed by atoms with Gasteiger partial charge in [0.25, 0.3) is 5.56 Å². The number of carbonyl (C=O) groups is 1. The number of carbonyl (C=O) groups excluding carboxylic acids is 1. The number of hydrogen-bond donors (Lipinski definition) is 1. The molecule has 0 spiro atoms. The van der Waals surface area contributed by atoms with Crippen LogP contribution in [0.3, 0.4) is 0 Å². The lowest BCUT2D eigenvalue weighted by atomic mass is 9.96. The lowest BCUT2D eigenvalue weighted by Gasteiger charge is -2.32. The highest BCUT2D eigenvalue weighted by molar-refractivity contribution is 6.36. The second-order valence-corrected chi connectivity index (χ2v) is 9.02. The van der Waals surface area contributed by atoms with Crippen LogP contribution in [0.5, 0.6) is 0 Å². The highest BCUT2D eigenvalue weighted by atomic mass is 35.5. The van der Waals surface area contributed by atoms with E-state index in [2.05, 4.69) is 22.2 Å². The topological polar surface area (TPSA) is 96.8 Å². The van der Waals surface area contributed by atoms with Gasteiger partial charge in [-0.05, 0) is 31.4 Å². The average Bonchev–Trinajstić information content (AvgIpc) is 3.20. The number of H-pyrrole nitrogens is 1. The Hall–Kier alpha value is -2.45. The van der Waals surface area contributed by atoms with E-state index >= 15 is 0 Å². The molecule has 0 saturated carbocycles. The van der Waals surface area contributed by atoms with Gasteiger partial charge in [-0.2, -0.15) is 0 Å². The first-order valence-corrected chi connectivity index (χ1v) is 11.8. The number of aromatic amines is 1. The Kier molecular flexibility index (Phi) is 7.10.